The Kier molecular flexibility index (Phi) is 2.97. The van der Waals surface area contributed by atoms with Gasteiger partial charge in [-0.3, -0.25) is 0 Å². The number of halogens is 2. The van der Waals surface area contributed by atoms with Crippen molar-refractivity contribution in [2.24, 2.45) is 23.7 Å². The van der Waals surface area contributed by atoms with Gasteiger partial charge in [-0.15, -0.1) is 0 Å². The summed E-state index contributed by atoms with van der Waals surface area (Å²) in [5.41, 5.74) is 0. The Labute approximate surface area is 93.4 Å². The first-order chi connectivity index (χ1) is 7.38. The van der Waals surface area contributed by atoms with Gasteiger partial charge in [-0.2, -0.15) is 0 Å². The fourth-order valence-corrected chi connectivity index (χ4v) is 3.28. The molecule has 0 aromatic heterocycles. The Bertz CT molecular complexity index is 272. The molecule has 1 aliphatic heterocycles. The molecule has 0 amide bonds. The molecule has 1 unspecified atom stereocenters. The topological polar surface area (TPSA) is 49.7 Å². The Balaban J connectivity index is 2.29. The normalized spacial score (nSPS) is 51.4. The number of hydrogen-bond donors (Lipinski definition) is 2. The van der Waals surface area contributed by atoms with E-state index >= 15 is 0 Å². The predicted molar refractivity (Wildman–Crippen MR) is 52.8 cm³/mol. The van der Waals surface area contributed by atoms with E-state index in [4.69, 9.17) is 4.74 Å². The molecule has 94 valence electrons. The van der Waals surface area contributed by atoms with E-state index < -0.39 is 30.0 Å². The highest BCUT2D eigenvalue weighted by Gasteiger charge is 2.58. The van der Waals surface area contributed by atoms with Crippen LogP contribution >= 0.6 is 0 Å². The molecule has 0 spiro atoms. The molecule has 5 heteroatoms. The number of hydrogen-bond acceptors (Lipinski definition) is 3. The molecule has 0 aromatic rings. The molecule has 2 aliphatic rings. The molecule has 6 atom stereocenters. The van der Waals surface area contributed by atoms with Gasteiger partial charge >= 0.3 is 0 Å². The number of ether oxygens (including phenoxy) is 1. The minimum absolute atomic E-state index is 0.172. The summed E-state index contributed by atoms with van der Waals surface area (Å²) in [6.45, 7) is 2.96. The first-order valence-electron chi connectivity index (χ1n) is 5.70. The van der Waals surface area contributed by atoms with Crippen molar-refractivity contribution in [2.45, 2.75) is 38.6 Å². The Morgan fingerprint density at radius 1 is 1.38 bits per heavy atom. The van der Waals surface area contributed by atoms with Crippen LogP contribution in [0.4, 0.5) is 8.78 Å². The molecule has 1 heterocycles. The highest BCUT2D eigenvalue weighted by molar-refractivity contribution is 5.00. The van der Waals surface area contributed by atoms with Crippen molar-refractivity contribution in [3.63, 3.8) is 0 Å². The van der Waals surface area contributed by atoms with Crippen molar-refractivity contribution < 1.29 is 23.7 Å². The van der Waals surface area contributed by atoms with E-state index in [0.29, 0.717) is 0 Å². The standard InChI is InChI=1S/C11H18F2O3/c1-5-8(4-14)9-6(2)16-10(15)7(9)3-11(5,12)13/h5-10,14-15H,3-4H2,1-2H3/t5-,6+,7+,8-,9+,10?/m0/s1. The molecular weight excluding hydrogens is 218 g/mol. The van der Waals surface area contributed by atoms with Gasteiger partial charge in [-0.25, -0.2) is 8.78 Å². The number of fused-ring (bicyclic) bond motifs is 1. The van der Waals surface area contributed by atoms with Gasteiger partial charge in [0, 0.05) is 24.9 Å². The monoisotopic (exact) mass is 236 g/mol. The summed E-state index contributed by atoms with van der Waals surface area (Å²) in [6, 6.07) is 0. The van der Waals surface area contributed by atoms with Crippen LogP contribution < -0.4 is 0 Å². The third-order valence-corrected chi connectivity index (χ3v) is 4.28. The van der Waals surface area contributed by atoms with Crippen LogP contribution in [-0.4, -0.2) is 35.1 Å². The predicted octanol–water partition coefficient (Wildman–Crippen LogP) is 1.24. The van der Waals surface area contributed by atoms with Gasteiger partial charge in [-0.1, -0.05) is 6.92 Å². The van der Waals surface area contributed by atoms with E-state index in [9.17, 15) is 19.0 Å². The molecule has 1 saturated carbocycles. The fourth-order valence-electron chi connectivity index (χ4n) is 3.28. The summed E-state index contributed by atoms with van der Waals surface area (Å²) in [5.74, 6) is -4.92. The van der Waals surface area contributed by atoms with Crippen LogP contribution in [0.3, 0.4) is 0 Å². The summed E-state index contributed by atoms with van der Waals surface area (Å²) >= 11 is 0. The Morgan fingerprint density at radius 3 is 2.56 bits per heavy atom. The van der Waals surface area contributed by atoms with Gasteiger partial charge in [0.25, 0.3) is 5.92 Å². The van der Waals surface area contributed by atoms with Gasteiger partial charge in [-0.05, 0) is 18.8 Å². The second kappa shape index (κ2) is 3.89. The van der Waals surface area contributed by atoms with Crippen LogP contribution in [0.5, 0.6) is 0 Å². The van der Waals surface area contributed by atoms with E-state index in [1.807, 2.05) is 0 Å². The molecule has 2 fully saturated rings. The lowest BCUT2D eigenvalue weighted by atomic mass is 9.65. The van der Waals surface area contributed by atoms with E-state index in [1.54, 1.807) is 6.92 Å². The summed E-state index contributed by atoms with van der Waals surface area (Å²) in [6.07, 6.45) is -1.73. The average Bonchev–Trinajstić information content (AvgIpc) is 2.44. The summed E-state index contributed by atoms with van der Waals surface area (Å²) in [4.78, 5) is 0. The summed E-state index contributed by atoms with van der Waals surface area (Å²) in [5, 5.41) is 18.9. The van der Waals surface area contributed by atoms with Crippen molar-refractivity contribution in [3.8, 4) is 0 Å². The Morgan fingerprint density at radius 2 is 2.00 bits per heavy atom. The first kappa shape index (κ1) is 12.2. The highest BCUT2D eigenvalue weighted by Crippen LogP contribution is 2.53. The largest absolute Gasteiger partial charge is 0.396 e. The van der Waals surface area contributed by atoms with Crippen LogP contribution in [0.1, 0.15) is 20.3 Å². The molecule has 2 N–H and O–H groups in total. The second-order valence-corrected chi connectivity index (χ2v) is 5.07. The van der Waals surface area contributed by atoms with Gasteiger partial charge in [0.2, 0.25) is 0 Å². The smallest absolute Gasteiger partial charge is 0.251 e. The molecule has 3 nitrogen and oxygen atoms in total. The zero-order chi connectivity index (χ0) is 12.1. The van der Waals surface area contributed by atoms with Crippen molar-refractivity contribution in [2.75, 3.05) is 6.61 Å². The molecule has 1 aliphatic carbocycles. The van der Waals surface area contributed by atoms with E-state index in [-0.39, 0.29) is 25.0 Å². The molecule has 0 aromatic carbocycles. The third-order valence-electron chi connectivity index (χ3n) is 4.28. The van der Waals surface area contributed by atoms with Gasteiger partial charge < -0.3 is 14.9 Å². The zero-order valence-corrected chi connectivity index (χ0v) is 9.44. The van der Waals surface area contributed by atoms with Crippen LogP contribution in [0.15, 0.2) is 0 Å². The number of alkyl halides is 2. The molecule has 16 heavy (non-hydrogen) atoms. The third kappa shape index (κ3) is 1.65. The maximum Gasteiger partial charge on any atom is 0.251 e. The molecule has 2 rings (SSSR count). The van der Waals surface area contributed by atoms with Crippen molar-refractivity contribution in [1.82, 2.24) is 0 Å². The highest BCUT2D eigenvalue weighted by atomic mass is 19.3. The van der Waals surface area contributed by atoms with Crippen molar-refractivity contribution in [1.29, 1.82) is 0 Å². The maximum atomic E-state index is 13.7. The number of aliphatic hydroxyl groups is 2. The SMILES string of the molecule is C[C@H]1OC(O)[C@@H]2CC(F)(F)[C@@H](C)[C@H](CO)[C@H]12. The van der Waals surface area contributed by atoms with Crippen molar-refractivity contribution in [3.05, 3.63) is 0 Å². The van der Waals surface area contributed by atoms with Crippen molar-refractivity contribution >= 4 is 0 Å². The molecule has 0 bridgehead atoms. The van der Waals surface area contributed by atoms with Gasteiger partial charge in [0.05, 0.1) is 6.10 Å². The lowest BCUT2D eigenvalue weighted by Crippen LogP contribution is -2.49. The van der Waals surface area contributed by atoms with E-state index in [2.05, 4.69) is 0 Å². The van der Waals surface area contributed by atoms with Crippen LogP contribution in [-0.2, 0) is 4.74 Å². The number of rotatable bonds is 1. The minimum atomic E-state index is -2.83. The van der Waals surface area contributed by atoms with Crippen LogP contribution in [0.2, 0.25) is 0 Å². The lowest BCUT2D eigenvalue weighted by molar-refractivity contribution is -0.163. The summed E-state index contributed by atoms with van der Waals surface area (Å²) < 4.78 is 32.6. The average molecular weight is 236 g/mol. The lowest BCUT2D eigenvalue weighted by Gasteiger charge is -2.43. The second-order valence-electron chi connectivity index (χ2n) is 5.07. The summed E-state index contributed by atoms with van der Waals surface area (Å²) in [7, 11) is 0. The molecule has 0 radical (unpaired) electrons. The number of aliphatic hydroxyl groups excluding tert-OH is 2. The quantitative estimate of drug-likeness (QED) is 0.720. The fraction of sp³-hybridized carbons (Fsp3) is 1.00. The van der Waals surface area contributed by atoms with Gasteiger partial charge in [0.1, 0.15) is 0 Å². The van der Waals surface area contributed by atoms with E-state index in [1.165, 1.54) is 6.92 Å². The van der Waals surface area contributed by atoms with E-state index in [0.717, 1.165) is 0 Å². The van der Waals surface area contributed by atoms with Gasteiger partial charge in [0.15, 0.2) is 6.29 Å². The maximum absolute atomic E-state index is 13.7. The van der Waals surface area contributed by atoms with Crippen LogP contribution in [0, 0.1) is 23.7 Å². The molecular formula is C11H18F2O3. The van der Waals surface area contributed by atoms with Crippen LogP contribution in [0.25, 0.3) is 0 Å². The molecule has 1 saturated heterocycles. The minimum Gasteiger partial charge on any atom is -0.396 e. The zero-order valence-electron chi connectivity index (χ0n) is 9.44. The Hall–Kier alpha value is -0.260. The first-order valence-corrected chi connectivity index (χ1v) is 5.70.